The zero-order valence-electron chi connectivity index (χ0n) is 14.3. The maximum absolute atomic E-state index is 13.4. The highest BCUT2D eigenvalue weighted by Crippen LogP contribution is 2.44. The first-order valence-electron chi connectivity index (χ1n) is 8.25. The van der Waals surface area contributed by atoms with Crippen LogP contribution < -0.4 is 5.32 Å². The number of benzene rings is 1. The third-order valence-corrected chi connectivity index (χ3v) is 4.72. The van der Waals surface area contributed by atoms with E-state index in [9.17, 15) is 22.0 Å². The van der Waals surface area contributed by atoms with Crippen LogP contribution in [0.15, 0.2) is 30.5 Å². The number of aromatic nitrogens is 3. The number of halogens is 5. The molecule has 0 aliphatic carbocycles. The lowest BCUT2D eigenvalue weighted by Gasteiger charge is -2.34. The van der Waals surface area contributed by atoms with Gasteiger partial charge in [0.05, 0.1) is 11.7 Å². The highest BCUT2D eigenvalue weighted by Gasteiger charge is 2.58. The van der Waals surface area contributed by atoms with Gasteiger partial charge in [-0.15, -0.1) is 5.10 Å². The molecule has 1 aromatic heterocycles. The number of aryl methyl sites for hydroxylation is 1. The molecule has 1 fully saturated rings. The summed E-state index contributed by atoms with van der Waals surface area (Å²) >= 11 is 0. The Balaban J connectivity index is 1.80. The summed E-state index contributed by atoms with van der Waals surface area (Å²) < 4.78 is 65.9. The molecule has 0 amide bonds. The van der Waals surface area contributed by atoms with Crippen LogP contribution in [0.5, 0.6) is 0 Å². The van der Waals surface area contributed by atoms with Crippen LogP contribution in [0.2, 0.25) is 0 Å². The van der Waals surface area contributed by atoms with Crippen molar-refractivity contribution < 1.29 is 22.0 Å². The largest absolute Gasteiger partial charge is 0.458 e. The molecule has 3 rings (SSSR count). The number of nitrogens with zero attached hydrogens (tertiary/aromatic N) is 3. The number of piperidine rings is 1. The molecule has 1 aliphatic rings. The van der Waals surface area contributed by atoms with Gasteiger partial charge in [0.2, 0.25) is 0 Å². The lowest BCUT2D eigenvalue weighted by molar-refractivity contribution is -0.289. The number of alkyl halides is 5. The normalized spacial score (nSPS) is 24.7. The lowest BCUT2D eigenvalue weighted by Crippen LogP contribution is -2.38. The van der Waals surface area contributed by atoms with Gasteiger partial charge in [-0.1, -0.05) is 29.5 Å². The van der Waals surface area contributed by atoms with Crippen LogP contribution in [-0.4, -0.2) is 27.2 Å². The number of hydrogen-bond acceptors (Lipinski definition) is 3. The second-order valence-corrected chi connectivity index (χ2v) is 6.80. The van der Waals surface area contributed by atoms with E-state index in [4.69, 9.17) is 0 Å². The summed E-state index contributed by atoms with van der Waals surface area (Å²) in [6.45, 7) is 2.00. The van der Waals surface area contributed by atoms with Gasteiger partial charge in [-0.2, -0.15) is 22.0 Å². The molecule has 142 valence electrons. The molecule has 26 heavy (non-hydrogen) atoms. The predicted molar refractivity (Wildman–Crippen MR) is 84.7 cm³/mol. The standard InChI is InChI=1S/C17H19F5N4/c1-10-7-12(8-14(23-10)15-9-26(2)25-24-15)11-3-5-13(6-4-11)16(18,19)17(20,21)22/h3-6,9-10,12,14,23H,7-8H2,1-2H3/t10-,12-,14-/m0/s1. The van der Waals surface area contributed by atoms with E-state index in [1.54, 1.807) is 17.9 Å². The zero-order valence-corrected chi connectivity index (χ0v) is 14.3. The molecule has 2 heterocycles. The number of rotatable bonds is 3. The van der Waals surface area contributed by atoms with Crippen LogP contribution in [0.25, 0.3) is 0 Å². The van der Waals surface area contributed by atoms with Crippen molar-refractivity contribution in [2.24, 2.45) is 7.05 Å². The van der Waals surface area contributed by atoms with Gasteiger partial charge in [-0.25, -0.2) is 0 Å². The molecular formula is C17H19F5N4. The molecule has 1 saturated heterocycles. The average molecular weight is 374 g/mol. The van der Waals surface area contributed by atoms with Crippen LogP contribution in [0.4, 0.5) is 22.0 Å². The Morgan fingerprint density at radius 2 is 1.73 bits per heavy atom. The highest BCUT2D eigenvalue weighted by atomic mass is 19.4. The minimum atomic E-state index is -5.60. The second kappa shape index (κ2) is 6.61. The quantitative estimate of drug-likeness (QED) is 0.824. The fourth-order valence-corrected chi connectivity index (χ4v) is 3.42. The third kappa shape index (κ3) is 3.58. The Morgan fingerprint density at radius 1 is 1.08 bits per heavy atom. The van der Waals surface area contributed by atoms with Gasteiger partial charge in [0.1, 0.15) is 0 Å². The summed E-state index contributed by atoms with van der Waals surface area (Å²) in [5.74, 6) is -4.82. The van der Waals surface area contributed by atoms with E-state index in [1.807, 2.05) is 6.92 Å². The molecule has 2 aromatic rings. The van der Waals surface area contributed by atoms with E-state index in [2.05, 4.69) is 15.6 Å². The first-order valence-corrected chi connectivity index (χ1v) is 8.25. The van der Waals surface area contributed by atoms with Gasteiger partial charge >= 0.3 is 12.1 Å². The first-order chi connectivity index (χ1) is 12.1. The van der Waals surface area contributed by atoms with Crippen LogP contribution in [-0.2, 0) is 13.0 Å². The Hall–Kier alpha value is -2.03. The Morgan fingerprint density at radius 3 is 2.27 bits per heavy atom. The molecule has 4 nitrogen and oxygen atoms in total. The minimum Gasteiger partial charge on any atom is -0.306 e. The van der Waals surface area contributed by atoms with E-state index >= 15 is 0 Å². The first kappa shape index (κ1) is 18.8. The SMILES string of the molecule is C[C@H]1C[C@H](c2ccc(C(F)(F)C(F)(F)F)cc2)C[C@@H](c2cn(C)nn2)N1. The molecule has 0 spiro atoms. The summed E-state index contributed by atoms with van der Waals surface area (Å²) in [6, 6.07) is 4.57. The molecule has 1 N–H and O–H groups in total. The number of hydrogen-bond donors (Lipinski definition) is 1. The Kier molecular flexibility index (Phi) is 4.76. The van der Waals surface area contributed by atoms with Crippen molar-refractivity contribution in [2.75, 3.05) is 0 Å². The molecule has 1 aliphatic heterocycles. The summed E-state index contributed by atoms with van der Waals surface area (Å²) in [6.07, 6.45) is -2.38. The highest BCUT2D eigenvalue weighted by molar-refractivity contribution is 5.30. The molecular weight excluding hydrogens is 355 g/mol. The summed E-state index contributed by atoms with van der Waals surface area (Å²) in [5, 5.41) is 11.4. The van der Waals surface area contributed by atoms with Crippen molar-refractivity contribution >= 4 is 0 Å². The average Bonchev–Trinajstić information content (AvgIpc) is 3.00. The van der Waals surface area contributed by atoms with Gasteiger partial charge < -0.3 is 5.32 Å². The topological polar surface area (TPSA) is 42.7 Å². The maximum Gasteiger partial charge on any atom is 0.458 e. The van der Waals surface area contributed by atoms with E-state index in [-0.39, 0.29) is 18.0 Å². The fourth-order valence-electron chi connectivity index (χ4n) is 3.42. The van der Waals surface area contributed by atoms with Crippen LogP contribution in [0.3, 0.4) is 0 Å². The molecule has 3 atom stereocenters. The van der Waals surface area contributed by atoms with Crippen LogP contribution >= 0.6 is 0 Å². The van der Waals surface area contributed by atoms with E-state index in [0.717, 1.165) is 29.8 Å². The van der Waals surface area contributed by atoms with Crippen molar-refractivity contribution in [3.05, 3.63) is 47.3 Å². The van der Waals surface area contributed by atoms with Crippen molar-refractivity contribution in [3.8, 4) is 0 Å². The molecule has 0 saturated carbocycles. The summed E-state index contributed by atoms with van der Waals surface area (Å²) in [5.41, 5.74) is 0.486. The third-order valence-electron chi connectivity index (χ3n) is 4.72. The van der Waals surface area contributed by atoms with Gasteiger partial charge in [-0.3, -0.25) is 4.68 Å². The maximum atomic E-state index is 13.4. The second-order valence-electron chi connectivity index (χ2n) is 6.80. The van der Waals surface area contributed by atoms with Crippen molar-refractivity contribution in [2.45, 2.75) is 49.9 Å². The number of nitrogens with one attached hydrogen (secondary N) is 1. The van der Waals surface area contributed by atoms with Crippen molar-refractivity contribution in [1.29, 1.82) is 0 Å². The predicted octanol–water partition coefficient (Wildman–Crippen LogP) is 4.07. The monoisotopic (exact) mass is 374 g/mol. The zero-order chi connectivity index (χ0) is 19.1. The van der Waals surface area contributed by atoms with Crippen LogP contribution in [0.1, 0.15) is 48.5 Å². The summed E-state index contributed by atoms with van der Waals surface area (Å²) in [4.78, 5) is 0. The van der Waals surface area contributed by atoms with Gasteiger partial charge in [0.25, 0.3) is 0 Å². The molecule has 1 aromatic carbocycles. The molecule has 0 radical (unpaired) electrons. The Bertz CT molecular complexity index is 753. The van der Waals surface area contributed by atoms with Crippen LogP contribution in [0, 0.1) is 0 Å². The van der Waals surface area contributed by atoms with E-state index in [0.29, 0.717) is 6.42 Å². The van der Waals surface area contributed by atoms with Gasteiger partial charge in [0.15, 0.2) is 0 Å². The van der Waals surface area contributed by atoms with Gasteiger partial charge in [-0.05, 0) is 31.2 Å². The molecule has 0 unspecified atom stereocenters. The van der Waals surface area contributed by atoms with Gasteiger partial charge in [0, 0.05) is 24.8 Å². The summed E-state index contributed by atoms with van der Waals surface area (Å²) in [7, 11) is 1.76. The molecule has 9 heteroatoms. The Labute approximate surface area is 147 Å². The minimum absolute atomic E-state index is 0.0341. The van der Waals surface area contributed by atoms with Crippen molar-refractivity contribution in [1.82, 2.24) is 20.3 Å². The fraction of sp³-hybridized carbons (Fsp3) is 0.529. The van der Waals surface area contributed by atoms with Crippen molar-refractivity contribution in [3.63, 3.8) is 0 Å². The lowest BCUT2D eigenvalue weighted by atomic mass is 9.82. The molecule has 0 bridgehead atoms. The smallest absolute Gasteiger partial charge is 0.306 e. The van der Waals surface area contributed by atoms with E-state index in [1.165, 1.54) is 12.1 Å². The van der Waals surface area contributed by atoms with E-state index < -0.39 is 17.7 Å².